The maximum atomic E-state index is 12.4. The second-order valence-corrected chi connectivity index (χ2v) is 4.88. The van der Waals surface area contributed by atoms with E-state index in [1.54, 1.807) is 18.2 Å². The van der Waals surface area contributed by atoms with Gasteiger partial charge in [0.05, 0.1) is 0 Å². The molecule has 2 aromatic carbocycles. The number of hydrogen-bond donors (Lipinski definition) is 0. The van der Waals surface area contributed by atoms with Crippen LogP contribution in [0.1, 0.15) is 21.5 Å². The Morgan fingerprint density at radius 1 is 1.05 bits per heavy atom. The second kappa shape index (κ2) is 5.37. The second-order valence-electron chi connectivity index (χ2n) is 4.88. The average Bonchev–Trinajstić information content (AvgIpc) is 2.49. The molecule has 3 rings (SSSR count). The number of aryl methyl sites for hydroxylation is 1. The lowest BCUT2D eigenvalue weighted by molar-refractivity contribution is 0.0991. The number of carbonyl (C=O) groups excluding carboxylic acids is 1. The maximum Gasteiger partial charge on any atom is 0.167 e. The molecule has 0 aromatic heterocycles. The van der Waals surface area contributed by atoms with Gasteiger partial charge in [0.15, 0.2) is 17.3 Å². The van der Waals surface area contributed by atoms with Crippen molar-refractivity contribution in [3.8, 4) is 11.5 Å². The summed E-state index contributed by atoms with van der Waals surface area (Å²) in [5, 5.41) is 0. The Hall–Kier alpha value is -2.29. The summed E-state index contributed by atoms with van der Waals surface area (Å²) in [5.74, 6) is 1.46. The van der Waals surface area contributed by atoms with E-state index in [1.165, 1.54) is 0 Å². The van der Waals surface area contributed by atoms with Crippen LogP contribution in [0.15, 0.2) is 42.5 Å². The lowest BCUT2D eigenvalue weighted by Crippen LogP contribution is -2.16. The molecule has 0 saturated carbocycles. The number of carbonyl (C=O) groups is 1. The molecule has 102 valence electrons. The zero-order valence-electron chi connectivity index (χ0n) is 11.4. The third-order valence-electron chi connectivity index (χ3n) is 3.48. The van der Waals surface area contributed by atoms with Crippen molar-refractivity contribution in [2.24, 2.45) is 0 Å². The van der Waals surface area contributed by atoms with Crippen molar-refractivity contribution in [3.63, 3.8) is 0 Å². The molecule has 0 saturated heterocycles. The molecule has 0 amide bonds. The topological polar surface area (TPSA) is 35.5 Å². The van der Waals surface area contributed by atoms with Gasteiger partial charge in [-0.05, 0) is 36.2 Å². The molecular weight excluding hydrogens is 252 g/mol. The van der Waals surface area contributed by atoms with Crippen LogP contribution in [0.3, 0.4) is 0 Å². The van der Waals surface area contributed by atoms with E-state index in [4.69, 9.17) is 9.47 Å². The monoisotopic (exact) mass is 268 g/mol. The van der Waals surface area contributed by atoms with Gasteiger partial charge in [0.25, 0.3) is 0 Å². The minimum absolute atomic E-state index is 0.0938. The van der Waals surface area contributed by atoms with Crippen LogP contribution in [0.4, 0.5) is 0 Å². The van der Waals surface area contributed by atoms with Gasteiger partial charge in [-0.1, -0.05) is 24.3 Å². The first-order valence-electron chi connectivity index (χ1n) is 6.71. The van der Waals surface area contributed by atoms with E-state index in [0.717, 1.165) is 11.1 Å². The summed E-state index contributed by atoms with van der Waals surface area (Å²) < 4.78 is 11.0. The fourth-order valence-electron chi connectivity index (χ4n) is 2.30. The summed E-state index contributed by atoms with van der Waals surface area (Å²) in [4.78, 5) is 12.4. The smallest absolute Gasteiger partial charge is 0.167 e. The SMILES string of the molecule is Cc1ccccc1CC(=O)c1ccc2c(c1)OCCO2. The highest BCUT2D eigenvalue weighted by atomic mass is 16.6. The molecular formula is C17H16O3. The molecule has 2 aromatic rings. The third-order valence-corrected chi connectivity index (χ3v) is 3.48. The van der Waals surface area contributed by atoms with Crippen LogP contribution < -0.4 is 9.47 Å². The van der Waals surface area contributed by atoms with Gasteiger partial charge in [0.2, 0.25) is 0 Å². The molecule has 1 aliphatic rings. The predicted octanol–water partition coefficient (Wildman–Crippen LogP) is 3.19. The van der Waals surface area contributed by atoms with Crippen LogP contribution >= 0.6 is 0 Å². The molecule has 3 heteroatoms. The fourth-order valence-corrected chi connectivity index (χ4v) is 2.30. The molecule has 3 nitrogen and oxygen atoms in total. The molecule has 0 radical (unpaired) electrons. The average molecular weight is 268 g/mol. The molecule has 0 fully saturated rings. The quantitative estimate of drug-likeness (QED) is 0.802. The Morgan fingerprint density at radius 2 is 1.80 bits per heavy atom. The standard InChI is InChI=1S/C17H16O3/c1-12-4-2-3-5-13(12)10-15(18)14-6-7-16-17(11-14)20-9-8-19-16/h2-7,11H,8-10H2,1H3. The highest BCUT2D eigenvalue weighted by molar-refractivity contribution is 5.98. The van der Waals surface area contributed by atoms with Crippen LogP contribution in [0.25, 0.3) is 0 Å². The van der Waals surface area contributed by atoms with E-state index in [-0.39, 0.29) is 5.78 Å². The van der Waals surface area contributed by atoms with Gasteiger partial charge in [-0.2, -0.15) is 0 Å². The minimum atomic E-state index is 0.0938. The highest BCUT2D eigenvalue weighted by Gasteiger charge is 2.15. The van der Waals surface area contributed by atoms with E-state index >= 15 is 0 Å². The van der Waals surface area contributed by atoms with Crippen molar-refractivity contribution in [1.82, 2.24) is 0 Å². The normalized spacial score (nSPS) is 13.1. The fraction of sp³-hybridized carbons (Fsp3) is 0.235. The van der Waals surface area contributed by atoms with Crippen molar-refractivity contribution >= 4 is 5.78 Å². The number of hydrogen-bond acceptors (Lipinski definition) is 3. The molecule has 1 heterocycles. The zero-order chi connectivity index (χ0) is 13.9. The van der Waals surface area contributed by atoms with Crippen molar-refractivity contribution in [1.29, 1.82) is 0 Å². The number of Topliss-reactive ketones (excluding diaryl/α,β-unsaturated/α-hetero) is 1. The number of benzene rings is 2. The van der Waals surface area contributed by atoms with Gasteiger partial charge in [-0.15, -0.1) is 0 Å². The molecule has 0 bridgehead atoms. The Kier molecular flexibility index (Phi) is 3.42. The van der Waals surface area contributed by atoms with Crippen LogP contribution in [-0.4, -0.2) is 19.0 Å². The number of ether oxygens (including phenoxy) is 2. The lowest BCUT2D eigenvalue weighted by atomic mass is 9.99. The van der Waals surface area contributed by atoms with Gasteiger partial charge in [0.1, 0.15) is 13.2 Å². The molecule has 0 unspecified atom stereocenters. The van der Waals surface area contributed by atoms with E-state index < -0.39 is 0 Å². The molecule has 20 heavy (non-hydrogen) atoms. The van der Waals surface area contributed by atoms with Crippen molar-refractivity contribution in [2.75, 3.05) is 13.2 Å². The van der Waals surface area contributed by atoms with E-state index in [1.807, 2.05) is 31.2 Å². The number of rotatable bonds is 3. The largest absolute Gasteiger partial charge is 0.486 e. The van der Waals surface area contributed by atoms with Crippen LogP contribution in [0, 0.1) is 6.92 Å². The van der Waals surface area contributed by atoms with Crippen LogP contribution in [-0.2, 0) is 6.42 Å². The molecule has 0 atom stereocenters. The van der Waals surface area contributed by atoms with E-state index in [0.29, 0.717) is 36.7 Å². The zero-order valence-corrected chi connectivity index (χ0v) is 11.4. The summed E-state index contributed by atoms with van der Waals surface area (Å²) in [6, 6.07) is 13.3. The Bertz CT molecular complexity index is 646. The van der Waals surface area contributed by atoms with Crippen LogP contribution in [0.5, 0.6) is 11.5 Å². The third kappa shape index (κ3) is 2.52. The van der Waals surface area contributed by atoms with Gasteiger partial charge in [0, 0.05) is 12.0 Å². The van der Waals surface area contributed by atoms with Crippen molar-refractivity contribution in [3.05, 3.63) is 59.2 Å². The summed E-state index contributed by atoms with van der Waals surface area (Å²) >= 11 is 0. The van der Waals surface area contributed by atoms with Gasteiger partial charge in [-0.25, -0.2) is 0 Å². The van der Waals surface area contributed by atoms with Gasteiger partial charge >= 0.3 is 0 Å². The van der Waals surface area contributed by atoms with E-state index in [2.05, 4.69) is 0 Å². The van der Waals surface area contributed by atoms with Gasteiger partial charge in [-0.3, -0.25) is 4.79 Å². The van der Waals surface area contributed by atoms with Crippen LogP contribution in [0.2, 0.25) is 0 Å². The minimum Gasteiger partial charge on any atom is -0.486 e. The number of fused-ring (bicyclic) bond motifs is 1. The Morgan fingerprint density at radius 3 is 2.60 bits per heavy atom. The number of ketones is 1. The summed E-state index contributed by atoms with van der Waals surface area (Å²) in [5.41, 5.74) is 2.86. The first-order chi connectivity index (χ1) is 9.74. The Labute approximate surface area is 118 Å². The maximum absolute atomic E-state index is 12.4. The van der Waals surface area contributed by atoms with Gasteiger partial charge < -0.3 is 9.47 Å². The molecule has 0 spiro atoms. The summed E-state index contributed by atoms with van der Waals surface area (Å²) in [6.45, 7) is 3.11. The van der Waals surface area contributed by atoms with Crippen molar-refractivity contribution in [2.45, 2.75) is 13.3 Å². The molecule has 0 aliphatic carbocycles. The molecule has 1 aliphatic heterocycles. The van der Waals surface area contributed by atoms with Crippen molar-refractivity contribution < 1.29 is 14.3 Å². The Balaban J connectivity index is 1.82. The molecule has 0 N–H and O–H groups in total. The lowest BCUT2D eigenvalue weighted by Gasteiger charge is -2.18. The highest BCUT2D eigenvalue weighted by Crippen LogP contribution is 2.31. The predicted molar refractivity (Wildman–Crippen MR) is 76.6 cm³/mol. The summed E-state index contributed by atoms with van der Waals surface area (Å²) in [7, 11) is 0. The first-order valence-corrected chi connectivity index (χ1v) is 6.71. The van der Waals surface area contributed by atoms with E-state index in [9.17, 15) is 4.79 Å². The summed E-state index contributed by atoms with van der Waals surface area (Å²) in [6.07, 6.45) is 0.409. The first kappa shape index (κ1) is 12.7.